The Morgan fingerprint density at radius 3 is 1.10 bits per heavy atom. The Bertz CT molecular complexity index is 5190. The van der Waals surface area contributed by atoms with Crippen LogP contribution in [0.5, 0.6) is 0 Å². The lowest BCUT2D eigenvalue weighted by molar-refractivity contribution is -0.168. The molecule has 8 heterocycles. The van der Waals surface area contributed by atoms with Gasteiger partial charge in [-0.2, -0.15) is 0 Å². The highest BCUT2D eigenvalue weighted by Gasteiger charge is 2.55. The molecule has 0 spiro atoms. The third-order valence-electron chi connectivity index (χ3n) is 23.4. The van der Waals surface area contributed by atoms with Gasteiger partial charge >= 0.3 is 5.97 Å². The summed E-state index contributed by atoms with van der Waals surface area (Å²) in [5.41, 5.74) is 17.3. The molecule has 7 aliphatic rings. The van der Waals surface area contributed by atoms with Crippen molar-refractivity contribution in [1.82, 2.24) is 40.7 Å². The van der Waals surface area contributed by atoms with Gasteiger partial charge in [0, 0.05) is 64.0 Å². The van der Waals surface area contributed by atoms with Gasteiger partial charge in [-0.1, -0.05) is 229 Å². The number of aliphatic hydroxyl groups excluding tert-OH is 4. The van der Waals surface area contributed by atoms with Gasteiger partial charge in [-0.15, -0.1) is 0 Å². The number of nitrogens with one attached hydrogen (secondary N) is 3. The minimum absolute atomic E-state index is 0.0234. The average Bonchev–Trinajstić information content (AvgIpc) is 1.64. The number of nitrogens with zero attached hydrogens (tertiary/aromatic N) is 6. The molecular weight excluding hydrogens is 1670 g/mol. The number of likely N-dealkylation sites (tertiary alicyclic amines) is 4. The van der Waals surface area contributed by atoms with Crippen molar-refractivity contribution in [1.29, 1.82) is 0 Å². The van der Waals surface area contributed by atoms with E-state index in [0.29, 0.717) is 45.0 Å². The van der Waals surface area contributed by atoms with E-state index in [0.717, 1.165) is 118 Å². The number of carbonyl (C=O) groups excluding carboxylic acids is 7. The molecule has 12 atom stereocenters. The number of aliphatic carboxylic acids is 1. The molecule has 11 N–H and O–H groups in total. The summed E-state index contributed by atoms with van der Waals surface area (Å²) in [4.78, 5) is 109. The molecule has 1 aromatic heterocycles. The second-order valence-corrected chi connectivity index (χ2v) is 33.9. The summed E-state index contributed by atoms with van der Waals surface area (Å²) in [7, 11) is 0. The fourth-order valence-electron chi connectivity index (χ4n) is 16.9. The van der Waals surface area contributed by atoms with Crippen LogP contribution in [0.3, 0.4) is 0 Å². The van der Waals surface area contributed by atoms with E-state index in [9.17, 15) is 53.7 Å². The van der Waals surface area contributed by atoms with Gasteiger partial charge in [-0.05, 0) is 154 Å². The van der Waals surface area contributed by atoms with E-state index in [1.54, 1.807) is 69.5 Å². The molecule has 7 fully saturated rings. The molecule has 7 aliphatic heterocycles. The van der Waals surface area contributed by atoms with Crippen LogP contribution in [0.2, 0.25) is 0 Å². The Balaban J connectivity index is 0.000000152. The van der Waals surface area contributed by atoms with Crippen molar-refractivity contribution in [3.8, 4) is 11.3 Å². The highest BCUT2D eigenvalue weighted by atomic mass is 16.8. The molecule has 0 aliphatic carbocycles. The summed E-state index contributed by atoms with van der Waals surface area (Å²) >= 11 is 0. The van der Waals surface area contributed by atoms with E-state index in [1.807, 2.05) is 216 Å². The van der Waals surface area contributed by atoms with Gasteiger partial charge in [-0.3, -0.25) is 33.6 Å². The molecule has 31 heteroatoms. The fraction of sp³-hybridized carbons (Fsp3) is 0.394. The second-order valence-electron chi connectivity index (χ2n) is 33.9. The average molecular weight is 1780 g/mol. The first kappa shape index (κ1) is 96.8. The Labute approximate surface area is 755 Å². The lowest BCUT2D eigenvalue weighted by Crippen LogP contribution is -2.50. The van der Waals surface area contributed by atoms with E-state index in [4.69, 9.17) is 54.1 Å². The zero-order valence-electron chi connectivity index (χ0n) is 73.7. The predicted molar refractivity (Wildman–Crippen MR) is 478 cm³/mol. The molecular formula is C99H116N10O21. The van der Waals surface area contributed by atoms with Crippen LogP contribution >= 0.6 is 0 Å². The van der Waals surface area contributed by atoms with Crippen LogP contribution in [0.1, 0.15) is 178 Å². The topological polar surface area (TPSA) is 427 Å². The highest BCUT2D eigenvalue weighted by molar-refractivity contribution is 5.94. The van der Waals surface area contributed by atoms with E-state index < -0.39 is 89.9 Å². The molecule has 7 saturated heterocycles. The Kier molecular flexibility index (Phi) is 33.8. The number of carbonyl (C=O) groups is 8. The predicted octanol–water partition coefficient (Wildman–Crippen LogP) is 10.3. The molecule has 7 amide bonds. The van der Waals surface area contributed by atoms with Crippen molar-refractivity contribution in [2.24, 2.45) is 10.9 Å². The largest absolute Gasteiger partial charge is 0.479 e. The Hall–Kier alpha value is -12.2. The van der Waals surface area contributed by atoms with Gasteiger partial charge in [0.05, 0.1) is 43.6 Å². The number of hydrogen-bond acceptors (Lipinski definition) is 23. The summed E-state index contributed by atoms with van der Waals surface area (Å²) in [6.07, 6.45) is -0.413. The number of amides is 7. The number of benzene rings is 8. The fourth-order valence-corrected chi connectivity index (χ4v) is 16.9. The SMILES string of the molecule is CC1(C)O[C@@H](C(=O)NCc2ccc(C=NO)cc2)[C@H](C(=O)N2CCC[C@@H]2c2ccccc2)O1.CC1(C)O[C@@H](C(=O)NCc2ccc(CO)cc2)[C@H](C(=O)N2CCC[C@@H]2c2ccccc2)O1.CC1(C)O[C@@H](C(=O)O)[C@H](C(=O)N2CCC[C@@H]2c2ccccc2)O1.NCc1ccc(CO)cc1.O=C(NCc1ccc(-c2ccon2)cc1)[C@H](O)[C@@H](O)C(=O)N1CCC[C@@H]1c1ccccc1. The molecule has 688 valence electrons. The number of nitrogens with two attached hydrogens (primary N) is 1. The minimum atomic E-state index is -1.85. The standard InChI is InChI=1S/C25H29N3O5.C25H30N2O5.C24H25N3O5.C17H21NO5.C8H11NO/c1-25(2)32-21(23(29)26-15-17-10-12-18(13-11-17)16-27-31)22(33-25)24(30)28-14-6-9-20(28)19-7-4-3-5-8-19;1-25(2)31-21(23(29)26-15-17-10-12-18(16-28)13-11-17)22(32-25)24(30)27-14-6-9-20(27)19-7-4-3-5-8-19;28-21(22(29)24(31)27-13-4-7-20(27)18-5-2-1-3-6-18)23(30)25-15-16-8-10-17(11-9-16)19-12-14-32-26-19;1-17(2)22-13(14(23-17)16(20)21)15(19)18-10-6-9-12(18)11-7-4-3-5-8-11;9-5-7-1-3-8(6-10)4-2-7/h3-5,7-8,10-13,16,20-22,31H,6,9,14-15H2,1-2H3,(H,26,29);3-5,7-8,10-13,20-22,28H,6,9,14-16H2,1-2H3,(H,26,29);1-3,5-6,8-12,14,20-22,28-29H,4,7,13,15H2,(H,25,30);3-5,7-8,12-14H,6,9-10H2,1-2H3,(H,20,21);1-4,10H,5-6,9H2/t3*20-,21-,22-;12-,13-,14-;/m1111./s1. The van der Waals surface area contributed by atoms with Crippen LogP contribution in [0.4, 0.5) is 0 Å². The number of rotatable bonds is 24. The van der Waals surface area contributed by atoms with Crippen LogP contribution in [-0.4, -0.2) is 201 Å². The lowest BCUT2D eigenvalue weighted by atomic mass is 10.0. The maximum absolute atomic E-state index is 13.5. The quantitative estimate of drug-likeness (QED) is 0.0153. The zero-order chi connectivity index (χ0) is 92.7. The van der Waals surface area contributed by atoms with Crippen molar-refractivity contribution >= 4 is 53.5 Å². The van der Waals surface area contributed by atoms with E-state index in [1.165, 1.54) is 12.5 Å². The molecule has 130 heavy (non-hydrogen) atoms. The maximum atomic E-state index is 13.5. The first-order chi connectivity index (χ1) is 62.5. The van der Waals surface area contributed by atoms with E-state index in [2.05, 4.69) is 26.3 Å². The van der Waals surface area contributed by atoms with Gasteiger partial charge in [0.25, 0.3) is 41.4 Å². The van der Waals surface area contributed by atoms with Crippen molar-refractivity contribution in [3.05, 3.63) is 292 Å². The lowest BCUT2D eigenvalue weighted by Gasteiger charge is -2.28. The molecule has 0 unspecified atom stereocenters. The molecule has 0 radical (unpaired) electrons. The summed E-state index contributed by atoms with van der Waals surface area (Å²) in [6.45, 7) is 13.8. The van der Waals surface area contributed by atoms with Gasteiger partial charge in [0.1, 0.15) is 12.0 Å². The summed E-state index contributed by atoms with van der Waals surface area (Å²) < 4.78 is 39.3. The van der Waals surface area contributed by atoms with Crippen molar-refractivity contribution in [2.75, 3.05) is 26.2 Å². The van der Waals surface area contributed by atoms with Crippen LogP contribution in [0.15, 0.2) is 240 Å². The monoisotopic (exact) mass is 1780 g/mol. The van der Waals surface area contributed by atoms with Gasteiger partial charge in [0.15, 0.2) is 66.2 Å². The second kappa shape index (κ2) is 45.3. The van der Waals surface area contributed by atoms with E-state index in [-0.39, 0.29) is 74.1 Å². The number of oxime groups is 1. The molecule has 9 aromatic rings. The van der Waals surface area contributed by atoms with Crippen molar-refractivity contribution in [2.45, 2.75) is 223 Å². The maximum Gasteiger partial charge on any atom is 0.336 e. The molecule has 31 nitrogen and oxygen atoms in total. The molecule has 8 aromatic carbocycles. The van der Waals surface area contributed by atoms with Crippen LogP contribution in [0.25, 0.3) is 11.3 Å². The summed E-state index contributed by atoms with van der Waals surface area (Å²) in [6, 6.07) is 70.1. The normalized spacial score (nSPS) is 22.5. The molecule has 0 saturated carbocycles. The third kappa shape index (κ3) is 25.4. The minimum Gasteiger partial charge on any atom is -0.479 e. The van der Waals surface area contributed by atoms with Gasteiger partial charge in [0.2, 0.25) is 0 Å². The van der Waals surface area contributed by atoms with Gasteiger partial charge < -0.3 is 105 Å². The number of ether oxygens (including phenoxy) is 6. The Morgan fingerprint density at radius 1 is 0.423 bits per heavy atom. The summed E-state index contributed by atoms with van der Waals surface area (Å²) in [5.74, 6) is -7.30. The van der Waals surface area contributed by atoms with Crippen LogP contribution < -0.4 is 21.7 Å². The molecule has 0 bridgehead atoms. The molecule has 16 rings (SSSR count). The van der Waals surface area contributed by atoms with Crippen LogP contribution in [-0.2, 0) is 106 Å². The number of aliphatic hydroxyl groups is 4. The van der Waals surface area contributed by atoms with Crippen molar-refractivity contribution < 1.29 is 102 Å². The number of hydrogen-bond donors (Lipinski definition) is 10. The van der Waals surface area contributed by atoms with Crippen molar-refractivity contribution in [3.63, 3.8) is 0 Å². The Morgan fingerprint density at radius 2 is 0.746 bits per heavy atom. The number of carboxylic acids is 1. The summed E-state index contributed by atoms with van der Waals surface area (Å²) in [5, 5.41) is 71.6. The first-order valence-corrected chi connectivity index (χ1v) is 43.8. The first-order valence-electron chi connectivity index (χ1n) is 43.8. The number of carboxylic acid groups (broad SMARTS) is 1. The highest BCUT2D eigenvalue weighted by Crippen LogP contribution is 2.41. The van der Waals surface area contributed by atoms with E-state index >= 15 is 0 Å². The zero-order valence-corrected chi connectivity index (χ0v) is 73.7. The van der Waals surface area contributed by atoms with Gasteiger partial charge in [-0.25, -0.2) is 4.79 Å². The smallest absolute Gasteiger partial charge is 0.336 e. The third-order valence-corrected chi connectivity index (χ3v) is 23.4. The van der Waals surface area contributed by atoms with Crippen LogP contribution in [0, 0.1) is 0 Å². The number of aromatic nitrogens is 1.